The highest BCUT2D eigenvalue weighted by molar-refractivity contribution is 5.14. The first kappa shape index (κ1) is 14.3. The minimum atomic E-state index is -4.39. The minimum Gasteiger partial charge on any atom is -0.338 e. The smallest absolute Gasteiger partial charge is 0.338 e. The van der Waals surface area contributed by atoms with E-state index in [0.29, 0.717) is 18.8 Å². The van der Waals surface area contributed by atoms with E-state index in [0.717, 1.165) is 0 Å². The molecule has 1 aromatic rings. The monoisotopic (exact) mass is 277 g/mol. The Bertz CT molecular complexity index is 442. The SMILES string of the molecule is CC(C)(C)Cc1noc(C2(C(F)(F)F)CCNC2)n1. The molecular weight excluding hydrogens is 259 g/mol. The summed E-state index contributed by atoms with van der Waals surface area (Å²) in [5.74, 6) is 0.0160. The van der Waals surface area contributed by atoms with Crippen molar-refractivity contribution in [2.24, 2.45) is 5.41 Å². The van der Waals surface area contributed by atoms with Gasteiger partial charge in [-0.2, -0.15) is 18.2 Å². The molecule has 108 valence electrons. The molecular formula is C12H18F3N3O. The molecule has 1 aromatic heterocycles. The van der Waals surface area contributed by atoms with Crippen LogP contribution in [0.15, 0.2) is 4.52 Å². The third-order valence-electron chi connectivity index (χ3n) is 3.26. The molecule has 0 amide bonds. The zero-order valence-corrected chi connectivity index (χ0v) is 11.3. The van der Waals surface area contributed by atoms with Crippen molar-refractivity contribution in [1.82, 2.24) is 15.5 Å². The molecule has 1 N–H and O–H groups in total. The van der Waals surface area contributed by atoms with Gasteiger partial charge in [0.1, 0.15) is 0 Å². The van der Waals surface area contributed by atoms with Crippen LogP contribution >= 0.6 is 0 Å². The van der Waals surface area contributed by atoms with E-state index in [1.165, 1.54) is 0 Å². The molecule has 0 spiro atoms. The van der Waals surface area contributed by atoms with Gasteiger partial charge in [-0.1, -0.05) is 25.9 Å². The molecule has 0 aliphatic carbocycles. The molecule has 7 heteroatoms. The topological polar surface area (TPSA) is 51.0 Å². The van der Waals surface area contributed by atoms with Crippen molar-refractivity contribution in [2.45, 2.75) is 45.2 Å². The summed E-state index contributed by atoms with van der Waals surface area (Å²) in [5.41, 5.74) is -2.13. The van der Waals surface area contributed by atoms with Gasteiger partial charge >= 0.3 is 6.18 Å². The molecule has 0 aromatic carbocycles. The Balaban J connectivity index is 2.30. The van der Waals surface area contributed by atoms with Gasteiger partial charge in [0.15, 0.2) is 11.2 Å². The van der Waals surface area contributed by atoms with E-state index in [-0.39, 0.29) is 24.3 Å². The Hall–Kier alpha value is -1.11. The fourth-order valence-electron chi connectivity index (χ4n) is 2.23. The number of nitrogens with one attached hydrogen (secondary N) is 1. The van der Waals surface area contributed by atoms with Crippen molar-refractivity contribution >= 4 is 0 Å². The van der Waals surface area contributed by atoms with Crippen LogP contribution < -0.4 is 5.32 Å². The van der Waals surface area contributed by atoms with Crippen molar-refractivity contribution < 1.29 is 17.7 Å². The lowest BCUT2D eigenvalue weighted by Crippen LogP contribution is -2.44. The molecule has 19 heavy (non-hydrogen) atoms. The number of rotatable bonds is 2. The summed E-state index contributed by atoms with van der Waals surface area (Å²) in [6.07, 6.45) is -3.96. The Kier molecular flexibility index (Phi) is 3.36. The molecule has 1 aliphatic rings. The average molecular weight is 277 g/mol. The third kappa shape index (κ3) is 2.75. The van der Waals surface area contributed by atoms with Crippen LogP contribution in [-0.4, -0.2) is 29.4 Å². The largest absolute Gasteiger partial charge is 0.404 e. The van der Waals surface area contributed by atoms with Crippen molar-refractivity contribution in [3.05, 3.63) is 11.7 Å². The Labute approximate surface area is 109 Å². The Morgan fingerprint density at radius 1 is 1.32 bits per heavy atom. The quantitative estimate of drug-likeness (QED) is 0.902. The van der Waals surface area contributed by atoms with E-state index >= 15 is 0 Å². The first-order valence-corrected chi connectivity index (χ1v) is 6.25. The molecule has 2 rings (SSSR count). The molecule has 1 unspecified atom stereocenters. The van der Waals surface area contributed by atoms with Crippen LogP contribution in [0.2, 0.25) is 0 Å². The summed E-state index contributed by atoms with van der Waals surface area (Å²) in [7, 11) is 0. The molecule has 1 fully saturated rings. The van der Waals surface area contributed by atoms with Crippen LogP contribution in [-0.2, 0) is 11.8 Å². The fraction of sp³-hybridized carbons (Fsp3) is 0.833. The highest BCUT2D eigenvalue weighted by Gasteiger charge is 2.61. The van der Waals surface area contributed by atoms with Crippen molar-refractivity contribution in [2.75, 3.05) is 13.1 Å². The van der Waals surface area contributed by atoms with Crippen LogP contribution in [0.4, 0.5) is 13.2 Å². The van der Waals surface area contributed by atoms with Crippen LogP contribution in [0.3, 0.4) is 0 Å². The van der Waals surface area contributed by atoms with Gasteiger partial charge in [0.05, 0.1) is 0 Å². The standard InChI is InChI=1S/C12H18F3N3O/c1-10(2,3)6-8-17-9(19-18-8)11(12(13,14)15)4-5-16-7-11/h16H,4-7H2,1-3H3. The number of alkyl halides is 3. The third-order valence-corrected chi connectivity index (χ3v) is 3.26. The lowest BCUT2D eigenvalue weighted by molar-refractivity contribution is -0.191. The van der Waals surface area contributed by atoms with Crippen LogP contribution in [0.25, 0.3) is 0 Å². The number of aromatic nitrogens is 2. The van der Waals surface area contributed by atoms with Gasteiger partial charge in [0.25, 0.3) is 0 Å². The van der Waals surface area contributed by atoms with Gasteiger partial charge in [-0.25, -0.2) is 0 Å². The number of hydrogen-bond acceptors (Lipinski definition) is 4. The zero-order valence-electron chi connectivity index (χ0n) is 11.3. The van der Waals surface area contributed by atoms with E-state index in [4.69, 9.17) is 4.52 Å². The molecule has 0 bridgehead atoms. The maximum Gasteiger partial charge on any atom is 0.404 e. The molecule has 0 radical (unpaired) electrons. The van der Waals surface area contributed by atoms with Gasteiger partial charge in [-0.3, -0.25) is 0 Å². The van der Waals surface area contributed by atoms with Gasteiger partial charge in [-0.05, 0) is 18.4 Å². The van der Waals surface area contributed by atoms with Crippen LogP contribution in [0, 0.1) is 5.41 Å². The van der Waals surface area contributed by atoms with Crippen LogP contribution in [0.1, 0.15) is 38.9 Å². The highest BCUT2D eigenvalue weighted by atomic mass is 19.4. The van der Waals surface area contributed by atoms with Gasteiger partial charge < -0.3 is 9.84 Å². The fourth-order valence-corrected chi connectivity index (χ4v) is 2.23. The van der Waals surface area contributed by atoms with Gasteiger partial charge in [0, 0.05) is 13.0 Å². The predicted molar refractivity (Wildman–Crippen MR) is 62.7 cm³/mol. The van der Waals surface area contributed by atoms with E-state index in [2.05, 4.69) is 15.5 Å². The van der Waals surface area contributed by atoms with E-state index in [1.807, 2.05) is 20.8 Å². The molecule has 1 atom stereocenters. The number of halogens is 3. The Morgan fingerprint density at radius 2 is 2.00 bits per heavy atom. The summed E-state index contributed by atoms with van der Waals surface area (Å²) < 4.78 is 44.7. The summed E-state index contributed by atoms with van der Waals surface area (Å²) >= 11 is 0. The first-order chi connectivity index (χ1) is 8.64. The van der Waals surface area contributed by atoms with Crippen molar-refractivity contribution in [3.63, 3.8) is 0 Å². The lowest BCUT2D eigenvalue weighted by atomic mass is 9.86. The highest BCUT2D eigenvalue weighted by Crippen LogP contribution is 2.44. The Morgan fingerprint density at radius 3 is 2.47 bits per heavy atom. The minimum absolute atomic E-state index is 0.0619. The van der Waals surface area contributed by atoms with Crippen molar-refractivity contribution in [1.29, 1.82) is 0 Å². The first-order valence-electron chi connectivity index (χ1n) is 6.25. The summed E-state index contributed by atoms with van der Waals surface area (Å²) in [5, 5.41) is 6.42. The van der Waals surface area contributed by atoms with E-state index in [1.54, 1.807) is 0 Å². The van der Waals surface area contributed by atoms with Gasteiger partial charge in [0.2, 0.25) is 5.89 Å². The van der Waals surface area contributed by atoms with Gasteiger partial charge in [-0.15, -0.1) is 0 Å². The van der Waals surface area contributed by atoms with Crippen LogP contribution in [0.5, 0.6) is 0 Å². The maximum absolute atomic E-state index is 13.3. The second kappa shape index (κ2) is 4.47. The lowest BCUT2D eigenvalue weighted by Gasteiger charge is -2.26. The van der Waals surface area contributed by atoms with Crippen molar-refractivity contribution in [3.8, 4) is 0 Å². The molecule has 4 nitrogen and oxygen atoms in total. The molecule has 1 saturated heterocycles. The number of nitrogens with zero attached hydrogens (tertiary/aromatic N) is 2. The average Bonchev–Trinajstić information content (AvgIpc) is 2.80. The molecule has 0 saturated carbocycles. The number of hydrogen-bond donors (Lipinski definition) is 1. The second-order valence-electron chi connectivity index (χ2n) is 6.26. The summed E-state index contributed by atoms with van der Waals surface area (Å²) in [6, 6.07) is 0. The summed E-state index contributed by atoms with van der Waals surface area (Å²) in [6.45, 7) is 6.02. The molecule has 1 aliphatic heterocycles. The maximum atomic E-state index is 13.3. The molecule has 2 heterocycles. The summed E-state index contributed by atoms with van der Waals surface area (Å²) in [4.78, 5) is 3.98. The van der Waals surface area contributed by atoms with E-state index in [9.17, 15) is 13.2 Å². The van der Waals surface area contributed by atoms with E-state index < -0.39 is 11.6 Å². The predicted octanol–water partition coefficient (Wildman–Crippen LogP) is 2.45. The normalized spacial score (nSPS) is 24.9. The zero-order chi connectivity index (χ0) is 14.3. The second-order valence-corrected chi connectivity index (χ2v) is 6.26.